The number of likely N-dealkylation sites (N-methyl/N-ethyl adjacent to an activating group) is 1. The number of aliphatic hydroxyl groups excluding tert-OH is 1. The van der Waals surface area contributed by atoms with Crippen molar-refractivity contribution in [2.24, 2.45) is 0 Å². The van der Waals surface area contributed by atoms with Crippen molar-refractivity contribution >= 4 is 15.9 Å². The average molecular weight is 299 g/mol. The smallest absolute Gasteiger partial charge is 0.0679 e. The summed E-state index contributed by atoms with van der Waals surface area (Å²) in [6.45, 7) is 2.74. The Morgan fingerprint density at radius 3 is 3.00 bits per heavy atom. The summed E-state index contributed by atoms with van der Waals surface area (Å²) in [5.41, 5.74) is 1.28. The van der Waals surface area contributed by atoms with E-state index in [1.165, 1.54) is 5.56 Å². The van der Waals surface area contributed by atoms with Crippen LogP contribution < -0.4 is 5.32 Å². The molecule has 0 spiro atoms. The van der Waals surface area contributed by atoms with Gasteiger partial charge in [-0.05, 0) is 31.2 Å². The fourth-order valence-corrected chi connectivity index (χ4v) is 2.74. The van der Waals surface area contributed by atoms with E-state index in [0.29, 0.717) is 6.04 Å². The molecule has 1 heterocycles. The first-order valence-corrected chi connectivity index (χ1v) is 6.81. The van der Waals surface area contributed by atoms with Gasteiger partial charge >= 0.3 is 0 Å². The number of rotatable bonds is 4. The molecule has 1 aliphatic rings. The van der Waals surface area contributed by atoms with Crippen LogP contribution in [0.4, 0.5) is 0 Å². The number of nitrogens with zero attached hydrogens (tertiary/aromatic N) is 1. The number of halogens is 1. The van der Waals surface area contributed by atoms with Gasteiger partial charge in [-0.25, -0.2) is 0 Å². The molecule has 1 fully saturated rings. The second kappa shape index (κ2) is 5.96. The van der Waals surface area contributed by atoms with Crippen LogP contribution in [0.25, 0.3) is 0 Å². The monoisotopic (exact) mass is 298 g/mol. The van der Waals surface area contributed by atoms with E-state index in [1.54, 1.807) is 0 Å². The van der Waals surface area contributed by atoms with E-state index < -0.39 is 0 Å². The molecule has 0 saturated carbocycles. The van der Waals surface area contributed by atoms with Gasteiger partial charge in [0.2, 0.25) is 0 Å². The first-order chi connectivity index (χ1) is 8.19. The third-order valence-corrected chi connectivity index (χ3v) is 3.78. The zero-order valence-electron chi connectivity index (χ0n) is 10.1. The van der Waals surface area contributed by atoms with E-state index in [4.69, 9.17) is 0 Å². The lowest BCUT2D eigenvalue weighted by atomic mass is 10.1. The highest BCUT2D eigenvalue weighted by molar-refractivity contribution is 9.10. The molecule has 0 aromatic heterocycles. The van der Waals surface area contributed by atoms with Crippen LogP contribution in [0, 0.1) is 0 Å². The standard InChI is InChI=1S/C13H19BrN2O/c1-15-13(9-16-6-5-12(17)8-16)10-3-2-4-11(14)7-10/h2-4,7,12-13,15,17H,5-6,8-9H2,1H3/t12-,13+/m0/s1. The van der Waals surface area contributed by atoms with Gasteiger partial charge in [-0.15, -0.1) is 0 Å². The second-order valence-electron chi connectivity index (χ2n) is 4.60. The van der Waals surface area contributed by atoms with E-state index in [-0.39, 0.29) is 6.10 Å². The van der Waals surface area contributed by atoms with Crippen LogP contribution in [0.15, 0.2) is 28.7 Å². The Labute approximate surface area is 111 Å². The van der Waals surface area contributed by atoms with Crippen molar-refractivity contribution in [3.05, 3.63) is 34.3 Å². The van der Waals surface area contributed by atoms with Crippen molar-refractivity contribution in [1.82, 2.24) is 10.2 Å². The lowest BCUT2D eigenvalue weighted by molar-refractivity contribution is 0.173. The van der Waals surface area contributed by atoms with Crippen LogP contribution >= 0.6 is 15.9 Å². The van der Waals surface area contributed by atoms with Crippen LogP contribution in [-0.2, 0) is 0 Å². The highest BCUT2D eigenvalue weighted by Crippen LogP contribution is 2.20. The summed E-state index contributed by atoms with van der Waals surface area (Å²) in [5, 5.41) is 12.9. The largest absolute Gasteiger partial charge is 0.392 e. The Kier molecular flexibility index (Phi) is 4.56. The summed E-state index contributed by atoms with van der Waals surface area (Å²) in [5.74, 6) is 0. The fraction of sp³-hybridized carbons (Fsp3) is 0.538. The quantitative estimate of drug-likeness (QED) is 0.889. The number of aliphatic hydroxyl groups is 1. The van der Waals surface area contributed by atoms with Crippen molar-refractivity contribution in [2.75, 3.05) is 26.7 Å². The first kappa shape index (κ1) is 13.0. The van der Waals surface area contributed by atoms with Gasteiger partial charge in [-0.3, -0.25) is 4.90 Å². The molecule has 1 aromatic carbocycles. The lowest BCUT2D eigenvalue weighted by Gasteiger charge is -2.23. The molecule has 17 heavy (non-hydrogen) atoms. The van der Waals surface area contributed by atoms with Gasteiger partial charge in [-0.1, -0.05) is 28.1 Å². The van der Waals surface area contributed by atoms with E-state index in [9.17, 15) is 5.11 Å². The van der Waals surface area contributed by atoms with Crippen LogP contribution in [0.1, 0.15) is 18.0 Å². The highest BCUT2D eigenvalue weighted by Gasteiger charge is 2.23. The van der Waals surface area contributed by atoms with Crippen molar-refractivity contribution in [1.29, 1.82) is 0 Å². The molecular formula is C13H19BrN2O. The van der Waals surface area contributed by atoms with Gasteiger partial charge in [0.1, 0.15) is 0 Å². The molecule has 2 N–H and O–H groups in total. The Balaban J connectivity index is 2.01. The summed E-state index contributed by atoms with van der Waals surface area (Å²) >= 11 is 3.50. The maximum absolute atomic E-state index is 9.53. The Morgan fingerprint density at radius 2 is 2.41 bits per heavy atom. The molecule has 94 valence electrons. The Bertz CT molecular complexity index is 372. The topological polar surface area (TPSA) is 35.5 Å². The summed E-state index contributed by atoms with van der Waals surface area (Å²) in [6.07, 6.45) is 0.754. The van der Waals surface area contributed by atoms with Gasteiger partial charge in [0.25, 0.3) is 0 Å². The maximum Gasteiger partial charge on any atom is 0.0679 e. The number of nitrogens with one attached hydrogen (secondary N) is 1. The third-order valence-electron chi connectivity index (χ3n) is 3.29. The van der Waals surface area contributed by atoms with E-state index in [1.807, 2.05) is 13.1 Å². The lowest BCUT2D eigenvalue weighted by Crippen LogP contribution is -2.33. The van der Waals surface area contributed by atoms with Crippen LogP contribution in [0.2, 0.25) is 0 Å². The van der Waals surface area contributed by atoms with Crippen LogP contribution in [0.3, 0.4) is 0 Å². The molecule has 1 aromatic rings. The van der Waals surface area contributed by atoms with Crippen molar-refractivity contribution in [3.8, 4) is 0 Å². The highest BCUT2D eigenvalue weighted by atomic mass is 79.9. The van der Waals surface area contributed by atoms with Gasteiger partial charge in [0.05, 0.1) is 6.10 Å². The van der Waals surface area contributed by atoms with Gasteiger partial charge in [0, 0.05) is 30.1 Å². The van der Waals surface area contributed by atoms with Crippen LogP contribution in [0.5, 0.6) is 0 Å². The molecule has 1 aliphatic heterocycles. The molecule has 3 nitrogen and oxygen atoms in total. The summed E-state index contributed by atoms with van der Waals surface area (Å²) in [7, 11) is 1.98. The molecule has 2 atom stereocenters. The SMILES string of the molecule is CN[C@H](CN1CC[C@H](O)C1)c1cccc(Br)c1. The minimum Gasteiger partial charge on any atom is -0.392 e. The normalized spacial score (nSPS) is 22.9. The number of hydrogen-bond acceptors (Lipinski definition) is 3. The molecule has 0 unspecified atom stereocenters. The molecule has 0 amide bonds. The van der Waals surface area contributed by atoms with Crippen LogP contribution in [-0.4, -0.2) is 42.8 Å². The predicted octanol–water partition coefficient (Wildman–Crippen LogP) is 1.78. The maximum atomic E-state index is 9.53. The zero-order chi connectivity index (χ0) is 12.3. The molecule has 0 aliphatic carbocycles. The summed E-state index contributed by atoms with van der Waals surface area (Å²) < 4.78 is 1.11. The van der Waals surface area contributed by atoms with E-state index in [2.05, 4.69) is 44.3 Å². The van der Waals surface area contributed by atoms with Gasteiger partial charge in [0.15, 0.2) is 0 Å². The Morgan fingerprint density at radius 1 is 1.59 bits per heavy atom. The second-order valence-corrected chi connectivity index (χ2v) is 5.51. The average Bonchev–Trinajstić information content (AvgIpc) is 2.72. The zero-order valence-corrected chi connectivity index (χ0v) is 11.7. The molecule has 1 saturated heterocycles. The molecular weight excluding hydrogens is 280 g/mol. The number of likely N-dealkylation sites (tertiary alicyclic amines) is 1. The third kappa shape index (κ3) is 3.52. The molecule has 0 radical (unpaired) electrons. The van der Waals surface area contributed by atoms with Crippen molar-refractivity contribution in [3.63, 3.8) is 0 Å². The molecule has 2 rings (SSSR count). The number of β-amino-alcohol motifs (C(OH)–C–C–N with tert-alkyl or cyclic N) is 1. The molecule has 4 heteroatoms. The Hall–Kier alpha value is -0.420. The number of hydrogen-bond donors (Lipinski definition) is 2. The van der Waals surface area contributed by atoms with Crippen molar-refractivity contribution in [2.45, 2.75) is 18.6 Å². The van der Waals surface area contributed by atoms with E-state index >= 15 is 0 Å². The summed E-state index contributed by atoms with van der Waals surface area (Å²) in [6, 6.07) is 8.70. The molecule has 0 bridgehead atoms. The van der Waals surface area contributed by atoms with E-state index in [0.717, 1.165) is 30.5 Å². The van der Waals surface area contributed by atoms with Gasteiger partial charge < -0.3 is 10.4 Å². The fourth-order valence-electron chi connectivity index (χ4n) is 2.32. The predicted molar refractivity (Wildman–Crippen MR) is 73.0 cm³/mol. The van der Waals surface area contributed by atoms with Crippen molar-refractivity contribution < 1.29 is 5.11 Å². The number of benzene rings is 1. The first-order valence-electron chi connectivity index (χ1n) is 6.02. The minimum absolute atomic E-state index is 0.144. The van der Waals surface area contributed by atoms with Gasteiger partial charge in [-0.2, -0.15) is 0 Å². The summed E-state index contributed by atoms with van der Waals surface area (Å²) in [4.78, 5) is 2.31. The minimum atomic E-state index is -0.144.